The second kappa shape index (κ2) is 5.42. The molecule has 1 aromatic carbocycles. The molecular formula is C12H18O2S. The van der Waals surface area contributed by atoms with Crippen LogP contribution in [0.3, 0.4) is 0 Å². The molecule has 0 radical (unpaired) electrons. The summed E-state index contributed by atoms with van der Waals surface area (Å²) in [5.74, 6) is 0.846. The molecule has 0 aliphatic rings. The zero-order valence-corrected chi connectivity index (χ0v) is 10.3. The van der Waals surface area contributed by atoms with Crippen molar-refractivity contribution in [3.05, 3.63) is 24.3 Å². The lowest BCUT2D eigenvalue weighted by atomic mass is 10.1. The van der Waals surface area contributed by atoms with Gasteiger partial charge in [-0.2, -0.15) is 0 Å². The molecule has 0 spiro atoms. The first-order valence-electron chi connectivity index (χ1n) is 5.07. The summed E-state index contributed by atoms with van der Waals surface area (Å²) in [5, 5.41) is 9.82. The van der Waals surface area contributed by atoms with Crippen LogP contribution < -0.4 is 4.74 Å². The minimum Gasteiger partial charge on any atom is -0.489 e. The van der Waals surface area contributed by atoms with E-state index in [0.717, 1.165) is 10.6 Å². The molecule has 1 unspecified atom stereocenters. The minimum absolute atomic E-state index is 0.334. The topological polar surface area (TPSA) is 29.5 Å². The van der Waals surface area contributed by atoms with Crippen LogP contribution >= 0.6 is 11.8 Å². The lowest BCUT2D eigenvalue weighted by Crippen LogP contribution is -2.31. The lowest BCUT2D eigenvalue weighted by molar-refractivity contribution is 0.00761. The van der Waals surface area contributed by atoms with E-state index in [9.17, 15) is 5.11 Å². The first-order chi connectivity index (χ1) is 7.09. The molecule has 0 saturated carbocycles. The highest BCUT2D eigenvalue weighted by Gasteiger charge is 2.18. The number of hydrogen-bond donors (Lipinski definition) is 1. The predicted octanol–water partition coefficient (Wildman–Crippen LogP) is 2.95. The van der Waals surface area contributed by atoms with E-state index in [0.29, 0.717) is 13.0 Å². The van der Waals surface area contributed by atoms with Gasteiger partial charge >= 0.3 is 0 Å². The molecule has 3 heteroatoms. The first kappa shape index (κ1) is 12.4. The SMILES string of the molecule is CCC(C)(O)COc1ccccc1SC. The van der Waals surface area contributed by atoms with Crippen LogP contribution in [-0.4, -0.2) is 23.6 Å². The lowest BCUT2D eigenvalue weighted by Gasteiger charge is -2.22. The number of ether oxygens (including phenoxy) is 1. The summed E-state index contributed by atoms with van der Waals surface area (Å²) < 4.78 is 5.61. The highest BCUT2D eigenvalue weighted by atomic mass is 32.2. The van der Waals surface area contributed by atoms with Crippen molar-refractivity contribution in [1.29, 1.82) is 0 Å². The van der Waals surface area contributed by atoms with Crippen molar-refractivity contribution in [3.63, 3.8) is 0 Å². The van der Waals surface area contributed by atoms with Crippen molar-refractivity contribution in [2.45, 2.75) is 30.8 Å². The van der Waals surface area contributed by atoms with Crippen LogP contribution in [0.1, 0.15) is 20.3 Å². The summed E-state index contributed by atoms with van der Waals surface area (Å²) >= 11 is 1.65. The van der Waals surface area contributed by atoms with Gasteiger partial charge in [-0.1, -0.05) is 19.1 Å². The summed E-state index contributed by atoms with van der Waals surface area (Å²) in [6.07, 6.45) is 2.70. The number of para-hydroxylation sites is 1. The van der Waals surface area contributed by atoms with Crippen LogP contribution in [0.2, 0.25) is 0 Å². The molecule has 0 aromatic heterocycles. The zero-order chi connectivity index (χ0) is 11.3. The fraction of sp³-hybridized carbons (Fsp3) is 0.500. The zero-order valence-electron chi connectivity index (χ0n) is 9.49. The molecule has 15 heavy (non-hydrogen) atoms. The molecule has 2 nitrogen and oxygen atoms in total. The third kappa shape index (κ3) is 3.76. The predicted molar refractivity (Wildman–Crippen MR) is 64.6 cm³/mol. The third-order valence-corrected chi connectivity index (χ3v) is 3.15. The van der Waals surface area contributed by atoms with Gasteiger partial charge in [0.25, 0.3) is 0 Å². The maximum absolute atomic E-state index is 9.82. The van der Waals surface area contributed by atoms with Gasteiger partial charge in [0.1, 0.15) is 12.4 Å². The number of thioether (sulfide) groups is 1. The molecule has 1 atom stereocenters. The van der Waals surface area contributed by atoms with Gasteiger partial charge < -0.3 is 9.84 Å². The molecule has 1 N–H and O–H groups in total. The maximum Gasteiger partial charge on any atom is 0.132 e. The highest BCUT2D eigenvalue weighted by molar-refractivity contribution is 7.98. The van der Waals surface area contributed by atoms with Gasteiger partial charge in [0.05, 0.1) is 5.60 Å². The summed E-state index contributed by atoms with van der Waals surface area (Å²) in [6.45, 7) is 4.07. The monoisotopic (exact) mass is 226 g/mol. The van der Waals surface area contributed by atoms with E-state index in [1.54, 1.807) is 18.7 Å². The molecule has 84 valence electrons. The number of aliphatic hydroxyl groups is 1. The molecule has 0 fully saturated rings. The van der Waals surface area contributed by atoms with E-state index in [1.807, 2.05) is 37.4 Å². The van der Waals surface area contributed by atoms with Gasteiger partial charge in [-0.3, -0.25) is 0 Å². The van der Waals surface area contributed by atoms with E-state index in [1.165, 1.54) is 0 Å². The quantitative estimate of drug-likeness (QED) is 0.783. The summed E-state index contributed by atoms with van der Waals surface area (Å²) in [6, 6.07) is 7.87. The van der Waals surface area contributed by atoms with Crippen molar-refractivity contribution >= 4 is 11.8 Å². The van der Waals surface area contributed by atoms with Gasteiger partial charge in [-0.05, 0) is 31.7 Å². The highest BCUT2D eigenvalue weighted by Crippen LogP contribution is 2.27. The Hall–Kier alpha value is -0.670. The van der Waals surface area contributed by atoms with Crippen molar-refractivity contribution in [1.82, 2.24) is 0 Å². The molecule has 0 amide bonds. The van der Waals surface area contributed by atoms with Crippen molar-refractivity contribution in [2.75, 3.05) is 12.9 Å². The van der Waals surface area contributed by atoms with Crippen LogP contribution in [0.25, 0.3) is 0 Å². The Morgan fingerprint density at radius 2 is 2.07 bits per heavy atom. The van der Waals surface area contributed by atoms with Gasteiger partial charge in [0.15, 0.2) is 0 Å². The normalized spacial score (nSPS) is 14.7. The van der Waals surface area contributed by atoms with Crippen LogP contribution in [0.4, 0.5) is 0 Å². The van der Waals surface area contributed by atoms with E-state index >= 15 is 0 Å². The second-order valence-corrected chi connectivity index (χ2v) is 4.64. The average molecular weight is 226 g/mol. The molecule has 0 aliphatic heterocycles. The molecule has 0 heterocycles. The Morgan fingerprint density at radius 3 is 2.67 bits per heavy atom. The molecule has 0 saturated heterocycles. The standard InChI is InChI=1S/C12H18O2S/c1-4-12(2,13)9-14-10-7-5-6-8-11(10)15-3/h5-8,13H,4,9H2,1-3H3. The smallest absolute Gasteiger partial charge is 0.132 e. The van der Waals surface area contributed by atoms with Crippen molar-refractivity contribution < 1.29 is 9.84 Å². The van der Waals surface area contributed by atoms with Crippen molar-refractivity contribution in [2.24, 2.45) is 0 Å². The maximum atomic E-state index is 9.82. The Morgan fingerprint density at radius 1 is 1.40 bits per heavy atom. The van der Waals surface area contributed by atoms with E-state index in [2.05, 4.69) is 0 Å². The number of rotatable bonds is 5. The van der Waals surface area contributed by atoms with E-state index in [4.69, 9.17) is 4.74 Å². The summed E-state index contributed by atoms with van der Waals surface area (Å²) in [7, 11) is 0. The van der Waals surface area contributed by atoms with Crippen LogP contribution in [0, 0.1) is 0 Å². The van der Waals surface area contributed by atoms with Crippen LogP contribution in [0.15, 0.2) is 29.2 Å². The first-order valence-corrected chi connectivity index (χ1v) is 6.30. The van der Waals surface area contributed by atoms with Gasteiger partial charge in [-0.25, -0.2) is 0 Å². The molecular weight excluding hydrogens is 208 g/mol. The van der Waals surface area contributed by atoms with Gasteiger partial charge in [-0.15, -0.1) is 11.8 Å². The van der Waals surface area contributed by atoms with Crippen LogP contribution in [0.5, 0.6) is 5.75 Å². The molecule has 0 aliphatic carbocycles. The van der Waals surface area contributed by atoms with E-state index in [-0.39, 0.29) is 0 Å². The molecule has 0 bridgehead atoms. The fourth-order valence-corrected chi connectivity index (χ4v) is 1.62. The average Bonchev–Trinajstić information content (AvgIpc) is 2.27. The minimum atomic E-state index is -0.745. The fourth-order valence-electron chi connectivity index (χ4n) is 1.07. The summed E-state index contributed by atoms with van der Waals surface area (Å²) in [5.41, 5.74) is -0.745. The Bertz CT molecular complexity index is 310. The molecule has 1 aromatic rings. The van der Waals surface area contributed by atoms with Crippen molar-refractivity contribution in [3.8, 4) is 5.75 Å². The second-order valence-electron chi connectivity index (χ2n) is 3.79. The van der Waals surface area contributed by atoms with Gasteiger partial charge in [0, 0.05) is 4.90 Å². The Balaban J connectivity index is 2.65. The Kier molecular flexibility index (Phi) is 4.48. The summed E-state index contributed by atoms with van der Waals surface area (Å²) in [4.78, 5) is 1.10. The van der Waals surface area contributed by atoms with Crippen LogP contribution in [-0.2, 0) is 0 Å². The Labute approximate surface area is 95.7 Å². The number of benzene rings is 1. The largest absolute Gasteiger partial charge is 0.489 e. The third-order valence-electron chi connectivity index (χ3n) is 2.37. The molecule has 1 rings (SSSR count). The number of hydrogen-bond acceptors (Lipinski definition) is 3. The van der Waals surface area contributed by atoms with Gasteiger partial charge in [0.2, 0.25) is 0 Å². The van der Waals surface area contributed by atoms with E-state index < -0.39 is 5.60 Å².